The van der Waals surface area contributed by atoms with Gasteiger partial charge in [-0.25, -0.2) is 0 Å². The predicted octanol–water partition coefficient (Wildman–Crippen LogP) is 3.51. The SMILES string of the molecule is N#Cc1ccc(CSc2nsnc2[C@H]2CN3CCC[C@@H]2C3)cc1. The van der Waals surface area contributed by atoms with Crippen LogP contribution in [0.4, 0.5) is 0 Å². The molecule has 1 unspecified atom stereocenters. The Labute approximate surface area is 144 Å². The number of thioether (sulfide) groups is 1. The van der Waals surface area contributed by atoms with Crippen LogP contribution in [0.1, 0.15) is 35.6 Å². The first-order chi connectivity index (χ1) is 11.3. The summed E-state index contributed by atoms with van der Waals surface area (Å²) in [7, 11) is 0. The van der Waals surface area contributed by atoms with E-state index >= 15 is 0 Å². The van der Waals surface area contributed by atoms with Gasteiger partial charge in [-0.2, -0.15) is 14.0 Å². The largest absolute Gasteiger partial charge is 0.302 e. The van der Waals surface area contributed by atoms with Gasteiger partial charge in [0.15, 0.2) is 0 Å². The minimum absolute atomic E-state index is 0.569. The lowest BCUT2D eigenvalue weighted by Crippen LogP contribution is -2.25. The maximum absolute atomic E-state index is 8.86. The van der Waals surface area contributed by atoms with E-state index in [1.165, 1.54) is 48.9 Å². The molecule has 2 fully saturated rings. The van der Waals surface area contributed by atoms with Gasteiger partial charge < -0.3 is 4.90 Å². The van der Waals surface area contributed by atoms with Crippen LogP contribution in [0.2, 0.25) is 0 Å². The third-order valence-corrected chi connectivity index (χ3v) is 6.57. The van der Waals surface area contributed by atoms with E-state index in [4.69, 9.17) is 5.26 Å². The molecule has 4 rings (SSSR count). The highest BCUT2D eigenvalue weighted by atomic mass is 32.2. The molecular weight excluding hydrogens is 324 g/mol. The monoisotopic (exact) mass is 342 g/mol. The number of nitrogens with zero attached hydrogens (tertiary/aromatic N) is 4. The fraction of sp³-hybridized carbons (Fsp3) is 0.471. The van der Waals surface area contributed by atoms with Gasteiger partial charge >= 0.3 is 0 Å². The van der Waals surface area contributed by atoms with Crippen molar-refractivity contribution in [1.29, 1.82) is 5.26 Å². The number of hydrogen-bond donors (Lipinski definition) is 0. The summed E-state index contributed by atoms with van der Waals surface area (Å²) in [6.45, 7) is 3.64. The van der Waals surface area contributed by atoms with E-state index in [2.05, 4.69) is 19.7 Å². The number of aromatic nitrogens is 2. The molecule has 0 amide bonds. The fourth-order valence-corrected chi connectivity index (χ4v) is 5.39. The van der Waals surface area contributed by atoms with Crippen LogP contribution < -0.4 is 0 Å². The third-order valence-electron chi connectivity index (χ3n) is 4.86. The molecular formula is C17H18N4S2. The Morgan fingerprint density at radius 1 is 1.26 bits per heavy atom. The minimum atomic E-state index is 0.569. The van der Waals surface area contributed by atoms with E-state index in [1.807, 2.05) is 24.3 Å². The van der Waals surface area contributed by atoms with Crippen molar-refractivity contribution in [2.75, 3.05) is 19.6 Å². The quantitative estimate of drug-likeness (QED) is 0.796. The Hall–Kier alpha value is -1.42. The molecule has 1 aromatic heterocycles. The fourth-order valence-electron chi connectivity index (χ4n) is 3.66. The van der Waals surface area contributed by atoms with Crippen molar-refractivity contribution in [3.8, 4) is 6.07 Å². The van der Waals surface area contributed by atoms with Crippen molar-refractivity contribution in [3.63, 3.8) is 0 Å². The lowest BCUT2D eigenvalue weighted by Gasteiger charge is -2.21. The van der Waals surface area contributed by atoms with Crippen LogP contribution in [0.15, 0.2) is 29.3 Å². The number of hydrogen-bond acceptors (Lipinski definition) is 6. The summed E-state index contributed by atoms with van der Waals surface area (Å²) in [4.78, 5) is 2.58. The normalized spacial score (nSPS) is 26.1. The Balaban J connectivity index is 1.46. The van der Waals surface area contributed by atoms with Gasteiger partial charge in [0.05, 0.1) is 29.1 Å². The highest BCUT2D eigenvalue weighted by molar-refractivity contribution is 7.98. The molecule has 2 bridgehead atoms. The molecule has 23 heavy (non-hydrogen) atoms. The predicted molar refractivity (Wildman–Crippen MR) is 92.5 cm³/mol. The molecule has 2 aromatic rings. The van der Waals surface area contributed by atoms with Crippen LogP contribution in [-0.4, -0.2) is 33.3 Å². The molecule has 2 saturated heterocycles. The van der Waals surface area contributed by atoms with Crippen molar-refractivity contribution in [2.45, 2.75) is 29.5 Å². The summed E-state index contributed by atoms with van der Waals surface area (Å²) in [6.07, 6.45) is 2.66. The second kappa shape index (κ2) is 6.60. The van der Waals surface area contributed by atoms with E-state index < -0.39 is 0 Å². The first-order valence-corrected chi connectivity index (χ1v) is 9.72. The zero-order chi connectivity index (χ0) is 15.6. The third kappa shape index (κ3) is 3.14. The Bertz CT molecular complexity index is 719. The molecule has 3 heterocycles. The molecule has 1 aromatic carbocycles. The summed E-state index contributed by atoms with van der Waals surface area (Å²) in [5.41, 5.74) is 3.16. The summed E-state index contributed by atoms with van der Waals surface area (Å²) in [5, 5.41) is 9.97. The summed E-state index contributed by atoms with van der Waals surface area (Å²) >= 11 is 3.12. The molecule has 2 aliphatic rings. The lowest BCUT2D eigenvalue weighted by atomic mass is 9.89. The van der Waals surface area contributed by atoms with Gasteiger partial charge in [-0.05, 0) is 43.0 Å². The van der Waals surface area contributed by atoms with Gasteiger partial charge in [-0.3, -0.25) is 0 Å². The van der Waals surface area contributed by atoms with Crippen LogP contribution in [0.3, 0.4) is 0 Å². The van der Waals surface area contributed by atoms with Crippen molar-refractivity contribution in [2.24, 2.45) is 5.92 Å². The van der Waals surface area contributed by atoms with Crippen LogP contribution in [0, 0.1) is 17.2 Å². The zero-order valence-corrected chi connectivity index (χ0v) is 14.4. The second-order valence-electron chi connectivity index (χ2n) is 6.32. The van der Waals surface area contributed by atoms with Gasteiger partial charge in [-0.1, -0.05) is 23.9 Å². The Kier molecular flexibility index (Phi) is 4.34. The highest BCUT2D eigenvalue weighted by Crippen LogP contribution is 2.41. The van der Waals surface area contributed by atoms with Crippen LogP contribution >= 0.6 is 23.5 Å². The van der Waals surface area contributed by atoms with Gasteiger partial charge in [0.1, 0.15) is 5.03 Å². The van der Waals surface area contributed by atoms with Gasteiger partial charge in [0.25, 0.3) is 0 Å². The summed E-state index contributed by atoms with van der Waals surface area (Å²) in [5.74, 6) is 2.22. The molecule has 2 aliphatic heterocycles. The number of rotatable bonds is 4. The van der Waals surface area contributed by atoms with Crippen molar-refractivity contribution in [3.05, 3.63) is 41.1 Å². The lowest BCUT2D eigenvalue weighted by molar-refractivity contribution is 0.269. The first-order valence-electron chi connectivity index (χ1n) is 8.00. The van der Waals surface area contributed by atoms with Crippen molar-refractivity contribution < 1.29 is 0 Å². The average Bonchev–Trinajstić information content (AvgIpc) is 3.17. The minimum Gasteiger partial charge on any atom is -0.302 e. The smallest absolute Gasteiger partial charge is 0.134 e. The van der Waals surface area contributed by atoms with E-state index in [9.17, 15) is 0 Å². The van der Waals surface area contributed by atoms with E-state index in [0.717, 1.165) is 23.2 Å². The topological polar surface area (TPSA) is 52.8 Å². The number of fused-ring (bicyclic) bond motifs is 2. The maximum Gasteiger partial charge on any atom is 0.134 e. The Morgan fingerprint density at radius 2 is 2.13 bits per heavy atom. The Morgan fingerprint density at radius 3 is 2.91 bits per heavy atom. The first kappa shape index (κ1) is 15.1. The molecule has 0 spiro atoms. The number of nitriles is 1. The molecule has 118 valence electrons. The summed E-state index contributed by atoms with van der Waals surface area (Å²) in [6, 6.07) is 9.97. The summed E-state index contributed by atoms with van der Waals surface area (Å²) < 4.78 is 9.18. The van der Waals surface area contributed by atoms with E-state index in [1.54, 1.807) is 11.8 Å². The van der Waals surface area contributed by atoms with Gasteiger partial charge in [0, 0.05) is 24.8 Å². The highest BCUT2D eigenvalue weighted by Gasteiger charge is 2.38. The molecule has 0 saturated carbocycles. The van der Waals surface area contributed by atoms with Crippen LogP contribution in [0.5, 0.6) is 0 Å². The second-order valence-corrected chi connectivity index (χ2v) is 7.81. The van der Waals surface area contributed by atoms with Crippen LogP contribution in [0.25, 0.3) is 0 Å². The van der Waals surface area contributed by atoms with Gasteiger partial charge in [0.2, 0.25) is 0 Å². The molecule has 0 aliphatic carbocycles. The molecule has 3 atom stereocenters. The van der Waals surface area contributed by atoms with Crippen LogP contribution in [-0.2, 0) is 5.75 Å². The average molecular weight is 342 g/mol. The van der Waals surface area contributed by atoms with Gasteiger partial charge in [-0.15, -0.1) is 0 Å². The maximum atomic E-state index is 8.86. The zero-order valence-electron chi connectivity index (χ0n) is 12.8. The van der Waals surface area contributed by atoms with E-state index in [-0.39, 0.29) is 0 Å². The number of piperidine rings is 1. The van der Waals surface area contributed by atoms with Crippen molar-refractivity contribution in [1.82, 2.24) is 13.6 Å². The molecule has 0 N–H and O–H groups in total. The molecule has 6 heteroatoms. The number of benzene rings is 1. The van der Waals surface area contributed by atoms with E-state index in [0.29, 0.717) is 11.5 Å². The molecule has 4 nitrogen and oxygen atoms in total. The molecule has 0 radical (unpaired) electrons. The standard InChI is InChI=1S/C17H18N4S2/c18-8-12-3-5-13(6-4-12)11-22-17-16(19-23-20-17)15-10-21-7-1-2-14(15)9-21/h3-6,14-15H,1-2,7,9-11H2/t14-,15+/m1/s1. The van der Waals surface area contributed by atoms with Crippen molar-refractivity contribution >= 4 is 23.5 Å².